The minimum atomic E-state index is 0.463. The highest BCUT2D eigenvalue weighted by atomic mass is 16.4. The fraction of sp³-hybridized carbons (Fsp3) is 0.588. The predicted octanol–water partition coefficient (Wildman–Crippen LogP) is 1.98. The van der Waals surface area contributed by atoms with E-state index in [1.807, 2.05) is 31.8 Å². The van der Waals surface area contributed by atoms with Crippen molar-refractivity contribution in [2.24, 2.45) is 12.0 Å². The molecule has 1 N–H and O–H groups in total. The predicted molar refractivity (Wildman–Crippen MR) is 92.9 cm³/mol. The summed E-state index contributed by atoms with van der Waals surface area (Å²) in [7, 11) is 1.96. The zero-order chi connectivity index (χ0) is 17.1. The van der Waals surface area contributed by atoms with Crippen molar-refractivity contribution < 1.29 is 4.42 Å². The number of oxazole rings is 1. The number of guanidine groups is 1. The number of nitrogens with one attached hydrogen (secondary N) is 1. The molecule has 7 nitrogen and oxygen atoms in total. The van der Waals surface area contributed by atoms with E-state index in [0.717, 1.165) is 43.5 Å². The van der Waals surface area contributed by atoms with Crippen LogP contribution in [0.2, 0.25) is 0 Å². The number of hydrogen-bond acceptors (Lipinski definition) is 4. The van der Waals surface area contributed by atoms with E-state index >= 15 is 0 Å². The summed E-state index contributed by atoms with van der Waals surface area (Å²) in [6, 6.07) is 0. The molecule has 1 aliphatic rings. The Bertz CT molecular complexity index is 697. The van der Waals surface area contributed by atoms with Crippen LogP contribution in [0.3, 0.4) is 0 Å². The van der Waals surface area contributed by atoms with Gasteiger partial charge in [-0.25, -0.2) is 9.98 Å². The van der Waals surface area contributed by atoms with Crippen LogP contribution in [0, 0.1) is 13.8 Å². The third-order valence-electron chi connectivity index (χ3n) is 4.46. The van der Waals surface area contributed by atoms with Crippen molar-refractivity contribution in [3.63, 3.8) is 0 Å². The molecule has 0 saturated carbocycles. The number of likely N-dealkylation sites (tertiary alicyclic amines) is 1. The van der Waals surface area contributed by atoms with Gasteiger partial charge in [-0.3, -0.25) is 4.68 Å². The summed E-state index contributed by atoms with van der Waals surface area (Å²) in [6.45, 7) is 9.23. The van der Waals surface area contributed by atoms with Gasteiger partial charge in [0.15, 0.2) is 5.96 Å². The molecule has 1 saturated heterocycles. The van der Waals surface area contributed by atoms with E-state index in [2.05, 4.69) is 33.4 Å². The quantitative estimate of drug-likeness (QED) is 0.685. The molecular formula is C17H26N6O. The molecule has 24 heavy (non-hydrogen) atoms. The van der Waals surface area contributed by atoms with Gasteiger partial charge in [-0.1, -0.05) is 0 Å². The lowest BCUT2D eigenvalue weighted by molar-refractivity contribution is 0.461. The Hall–Kier alpha value is -2.31. The normalized spacial score (nSPS) is 18.4. The largest absolute Gasteiger partial charge is 0.444 e. The van der Waals surface area contributed by atoms with Crippen molar-refractivity contribution in [3.8, 4) is 0 Å². The summed E-state index contributed by atoms with van der Waals surface area (Å²) in [5.74, 6) is 2.97. The molecule has 1 aliphatic heterocycles. The molecular weight excluding hydrogens is 304 g/mol. The van der Waals surface area contributed by atoms with Gasteiger partial charge < -0.3 is 14.6 Å². The van der Waals surface area contributed by atoms with E-state index in [1.165, 1.54) is 5.56 Å². The molecule has 7 heteroatoms. The Kier molecular flexibility index (Phi) is 4.87. The van der Waals surface area contributed by atoms with E-state index in [-0.39, 0.29) is 0 Å². The second-order valence-electron chi connectivity index (χ2n) is 6.30. The van der Waals surface area contributed by atoms with Gasteiger partial charge in [0, 0.05) is 38.8 Å². The Morgan fingerprint density at radius 1 is 1.46 bits per heavy atom. The Morgan fingerprint density at radius 3 is 2.92 bits per heavy atom. The van der Waals surface area contributed by atoms with Gasteiger partial charge in [-0.15, -0.1) is 0 Å². The lowest BCUT2D eigenvalue weighted by Crippen LogP contribution is -2.40. The molecule has 0 amide bonds. The number of aromatic nitrogens is 3. The SMILES string of the molecule is CCNC(=NCc1nc(C)c(C)o1)N1CCC(c2cnn(C)c2)C1. The first kappa shape index (κ1) is 16.5. The minimum absolute atomic E-state index is 0.463. The van der Waals surface area contributed by atoms with Crippen molar-refractivity contribution in [1.29, 1.82) is 0 Å². The van der Waals surface area contributed by atoms with Gasteiger partial charge in [-0.05, 0) is 32.8 Å². The molecule has 2 aromatic heterocycles. The highest BCUT2D eigenvalue weighted by Gasteiger charge is 2.27. The van der Waals surface area contributed by atoms with Crippen LogP contribution in [0.15, 0.2) is 21.8 Å². The maximum absolute atomic E-state index is 5.62. The van der Waals surface area contributed by atoms with Crippen LogP contribution in [0.4, 0.5) is 0 Å². The molecule has 130 valence electrons. The molecule has 1 unspecified atom stereocenters. The maximum atomic E-state index is 5.62. The number of aryl methyl sites for hydroxylation is 3. The van der Waals surface area contributed by atoms with Gasteiger partial charge in [-0.2, -0.15) is 5.10 Å². The zero-order valence-corrected chi connectivity index (χ0v) is 14.9. The van der Waals surface area contributed by atoms with Crippen LogP contribution in [-0.2, 0) is 13.6 Å². The number of rotatable bonds is 4. The molecule has 0 spiro atoms. The Morgan fingerprint density at radius 2 is 2.29 bits per heavy atom. The highest BCUT2D eigenvalue weighted by Crippen LogP contribution is 2.26. The van der Waals surface area contributed by atoms with Gasteiger partial charge in [0.2, 0.25) is 5.89 Å². The lowest BCUT2D eigenvalue weighted by atomic mass is 10.0. The average Bonchev–Trinajstić information content (AvgIpc) is 3.25. The number of hydrogen-bond donors (Lipinski definition) is 1. The first-order valence-electron chi connectivity index (χ1n) is 8.51. The molecule has 1 atom stereocenters. The van der Waals surface area contributed by atoms with Crippen LogP contribution in [0.1, 0.15) is 42.2 Å². The third-order valence-corrected chi connectivity index (χ3v) is 4.46. The molecule has 0 radical (unpaired) electrons. The third kappa shape index (κ3) is 3.60. The average molecular weight is 330 g/mol. The molecule has 0 aromatic carbocycles. The zero-order valence-electron chi connectivity index (χ0n) is 14.9. The molecule has 3 rings (SSSR count). The second-order valence-corrected chi connectivity index (χ2v) is 6.30. The van der Waals surface area contributed by atoms with Crippen molar-refractivity contribution in [2.75, 3.05) is 19.6 Å². The highest BCUT2D eigenvalue weighted by molar-refractivity contribution is 5.80. The number of aliphatic imine (C=N–C) groups is 1. The van der Waals surface area contributed by atoms with Gasteiger partial charge in [0.25, 0.3) is 0 Å². The monoisotopic (exact) mass is 330 g/mol. The molecule has 0 aliphatic carbocycles. The fourth-order valence-electron chi connectivity index (χ4n) is 3.05. The lowest BCUT2D eigenvalue weighted by Gasteiger charge is -2.21. The van der Waals surface area contributed by atoms with E-state index < -0.39 is 0 Å². The fourth-order valence-corrected chi connectivity index (χ4v) is 3.05. The molecule has 2 aromatic rings. The smallest absolute Gasteiger partial charge is 0.216 e. The van der Waals surface area contributed by atoms with Crippen LogP contribution in [0.25, 0.3) is 0 Å². The van der Waals surface area contributed by atoms with E-state index in [0.29, 0.717) is 18.4 Å². The van der Waals surface area contributed by atoms with Gasteiger partial charge >= 0.3 is 0 Å². The maximum Gasteiger partial charge on any atom is 0.216 e. The van der Waals surface area contributed by atoms with Crippen LogP contribution in [-0.4, -0.2) is 45.3 Å². The molecule has 1 fully saturated rings. The van der Waals surface area contributed by atoms with E-state index in [1.54, 1.807) is 0 Å². The summed E-state index contributed by atoms with van der Waals surface area (Å²) in [6.07, 6.45) is 5.19. The van der Waals surface area contributed by atoms with Crippen molar-refractivity contribution in [3.05, 3.63) is 35.3 Å². The van der Waals surface area contributed by atoms with Crippen molar-refractivity contribution >= 4 is 5.96 Å². The Balaban J connectivity index is 1.68. The topological polar surface area (TPSA) is 71.5 Å². The first-order valence-corrected chi connectivity index (χ1v) is 8.51. The van der Waals surface area contributed by atoms with E-state index in [9.17, 15) is 0 Å². The summed E-state index contributed by atoms with van der Waals surface area (Å²) < 4.78 is 7.49. The summed E-state index contributed by atoms with van der Waals surface area (Å²) in [5.41, 5.74) is 2.23. The Labute approximate surface area is 142 Å². The summed E-state index contributed by atoms with van der Waals surface area (Å²) in [4.78, 5) is 11.4. The molecule has 0 bridgehead atoms. The van der Waals surface area contributed by atoms with Crippen molar-refractivity contribution in [1.82, 2.24) is 25.0 Å². The standard InChI is InChI=1S/C17H26N6O/c1-5-18-17(19-9-16-21-12(2)13(3)24-16)23-7-6-14(11-23)15-8-20-22(4)10-15/h8,10,14H,5-7,9,11H2,1-4H3,(H,18,19). The van der Waals surface area contributed by atoms with Crippen LogP contribution < -0.4 is 5.32 Å². The van der Waals surface area contributed by atoms with Gasteiger partial charge in [0.1, 0.15) is 12.3 Å². The first-order chi connectivity index (χ1) is 11.6. The summed E-state index contributed by atoms with van der Waals surface area (Å²) >= 11 is 0. The van der Waals surface area contributed by atoms with E-state index in [4.69, 9.17) is 9.41 Å². The number of nitrogens with zero attached hydrogens (tertiary/aromatic N) is 5. The van der Waals surface area contributed by atoms with Gasteiger partial charge in [0.05, 0.1) is 11.9 Å². The molecule has 3 heterocycles. The minimum Gasteiger partial charge on any atom is -0.444 e. The summed E-state index contributed by atoms with van der Waals surface area (Å²) in [5, 5.41) is 7.66. The second kappa shape index (κ2) is 7.07. The van der Waals surface area contributed by atoms with Crippen molar-refractivity contribution in [2.45, 2.75) is 39.7 Å². The van der Waals surface area contributed by atoms with Crippen LogP contribution >= 0.6 is 0 Å². The van der Waals surface area contributed by atoms with Crippen LogP contribution in [0.5, 0.6) is 0 Å².